The number of nitrogens with zero attached hydrogens (tertiary/aromatic N) is 1. The Morgan fingerprint density at radius 2 is 1.72 bits per heavy atom. The van der Waals surface area contributed by atoms with E-state index < -0.39 is 17.6 Å². The normalized spacial score (nSPS) is 10.3. The van der Waals surface area contributed by atoms with E-state index in [9.17, 15) is 14.0 Å². The van der Waals surface area contributed by atoms with Crippen LogP contribution in [-0.2, 0) is 0 Å². The van der Waals surface area contributed by atoms with Crippen molar-refractivity contribution in [2.24, 2.45) is 0 Å². The molecule has 6 nitrogen and oxygen atoms in total. The molecular formula is C17H12ClFN4O2. The molecule has 3 N–H and O–H groups in total. The van der Waals surface area contributed by atoms with E-state index in [1.54, 1.807) is 30.3 Å². The van der Waals surface area contributed by atoms with Crippen molar-refractivity contribution in [3.8, 4) is 0 Å². The van der Waals surface area contributed by atoms with Crippen molar-refractivity contribution in [2.75, 3.05) is 10.6 Å². The number of amides is 2. The third-order valence-corrected chi connectivity index (χ3v) is 3.56. The minimum atomic E-state index is -0.677. The average Bonchev–Trinajstić information content (AvgIpc) is 3.09. The molecule has 0 radical (unpaired) electrons. The molecule has 0 bridgehead atoms. The number of aromatic amines is 1. The molecular weight excluding hydrogens is 347 g/mol. The fraction of sp³-hybridized carbons (Fsp3) is 0. The number of hydrogen-bond donors (Lipinski definition) is 3. The summed E-state index contributed by atoms with van der Waals surface area (Å²) in [6.45, 7) is 0. The number of halogens is 2. The fourth-order valence-electron chi connectivity index (χ4n) is 2.11. The summed E-state index contributed by atoms with van der Waals surface area (Å²) in [6.07, 6.45) is 1.22. The maximum atomic E-state index is 13.6. The number of imidazole rings is 1. The lowest BCUT2D eigenvalue weighted by Crippen LogP contribution is -2.20. The van der Waals surface area contributed by atoms with Gasteiger partial charge in [-0.15, -0.1) is 0 Å². The molecule has 25 heavy (non-hydrogen) atoms. The predicted octanol–water partition coefficient (Wildman–Crippen LogP) is 3.71. The minimum Gasteiger partial charge on any atom is -0.340 e. The van der Waals surface area contributed by atoms with Gasteiger partial charge in [-0.1, -0.05) is 23.7 Å². The molecule has 1 aromatic heterocycles. The van der Waals surface area contributed by atoms with Crippen LogP contribution >= 0.6 is 11.6 Å². The van der Waals surface area contributed by atoms with E-state index in [4.69, 9.17) is 11.6 Å². The number of benzene rings is 2. The molecule has 0 atom stereocenters. The Morgan fingerprint density at radius 1 is 1.00 bits per heavy atom. The zero-order chi connectivity index (χ0) is 17.8. The molecule has 0 saturated heterocycles. The van der Waals surface area contributed by atoms with Crippen LogP contribution in [0.1, 0.15) is 21.0 Å². The van der Waals surface area contributed by atoms with Crippen LogP contribution in [0.25, 0.3) is 0 Å². The van der Waals surface area contributed by atoms with Gasteiger partial charge in [0, 0.05) is 10.7 Å². The molecule has 3 aromatic rings. The first kappa shape index (κ1) is 16.7. The van der Waals surface area contributed by atoms with Gasteiger partial charge in [0.2, 0.25) is 0 Å². The first-order valence-electron chi connectivity index (χ1n) is 7.21. The predicted molar refractivity (Wildman–Crippen MR) is 92.3 cm³/mol. The van der Waals surface area contributed by atoms with Crippen LogP contribution in [0, 0.1) is 5.82 Å². The van der Waals surface area contributed by atoms with E-state index in [2.05, 4.69) is 20.6 Å². The molecule has 0 spiro atoms. The Morgan fingerprint density at radius 3 is 2.44 bits per heavy atom. The zero-order valence-electron chi connectivity index (χ0n) is 12.7. The maximum absolute atomic E-state index is 13.6. The lowest BCUT2D eigenvalue weighted by molar-refractivity contribution is 0.0985. The van der Waals surface area contributed by atoms with Gasteiger partial charge in [0.15, 0.2) is 5.69 Å². The van der Waals surface area contributed by atoms with Gasteiger partial charge in [-0.25, -0.2) is 9.37 Å². The number of carbonyl (C=O) groups is 2. The second kappa shape index (κ2) is 7.14. The van der Waals surface area contributed by atoms with Crippen LogP contribution in [0.3, 0.4) is 0 Å². The Hall–Kier alpha value is -3.19. The van der Waals surface area contributed by atoms with Crippen molar-refractivity contribution in [1.29, 1.82) is 0 Å². The van der Waals surface area contributed by atoms with Crippen molar-refractivity contribution in [2.45, 2.75) is 0 Å². The summed E-state index contributed by atoms with van der Waals surface area (Å²) in [5.74, 6) is -1.84. The highest BCUT2D eigenvalue weighted by Crippen LogP contribution is 2.17. The van der Waals surface area contributed by atoms with Crippen molar-refractivity contribution < 1.29 is 14.0 Å². The Bertz CT molecular complexity index is 924. The Balaban J connectivity index is 1.77. The van der Waals surface area contributed by atoms with Gasteiger partial charge in [-0.05, 0) is 36.4 Å². The molecule has 2 amide bonds. The monoisotopic (exact) mass is 358 g/mol. The second-order valence-corrected chi connectivity index (χ2v) is 5.46. The fourth-order valence-corrected chi connectivity index (χ4v) is 2.24. The first-order valence-corrected chi connectivity index (χ1v) is 7.58. The molecule has 3 rings (SSSR count). The van der Waals surface area contributed by atoms with Gasteiger partial charge in [-0.2, -0.15) is 0 Å². The number of anilines is 2. The van der Waals surface area contributed by atoms with Crippen molar-refractivity contribution in [1.82, 2.24) is 9.97 Å². The quantitative estimate of drug-likeness (QED) is 0.664. The minimum absolute atomic E-state index is 0.00570. The highest BCUT2D eigenvalue weighted by molar-refractivity contribution is 6.30. The summed E-state index contributed by atoms with van der Waals surface area (Å²) in [4.78, 5) is 31.1. The van der Waals surface area contributed by atoms with Gasteiger partial charge >= 0.3 is 0 Å². The Labute approximate surface area is 147 Å². The SMILES string of the molecule is O=C(Nc1ccc(Cl)cc1)c1nc[nH]c1C(=O)Nc1ccccc1F. The summed E-state index contributed by atoms with van der Waals surface area (Å²) in [6, 6.07) is 12.2. The largest absolute Gasteiger partial charge is 0.340 e. The van der Waals surface area contributed by atoms with E-state index in [1.165, 1.54) is 24.5 Å². The Kier molecular flexibility index (Phi) is 4.76. The van der Waals surface area contributed by atoms with Crippen LogP contribution < -0.4 is 10.6 Å². The zero-order valence-corrected chi connectivity index (χ0v) is 13.5. The molecule has 2 aromatic carbocycles. The van der Waals surface area contributed by atoms with Crippen LogP contribution in [0.15, 0.2) is 54.9 Å². The van der Waals surface area contributed by atoms with Crippen molar-refractivity contribution >= 4 is 34.8 Å². The van der Waals surface area contributed by atoms with Gasteiger partial charge in [0.05, 0.1) is 12.0 Å². The summed E-state index contributed by atoms with van der Waals surface area (Å²) in [7, 11) is 0. The highest BCUT2D eigenvalue weighted by atomic mass is 35.5. The standard InChI is InChI=1S/C17H12ClFN4O2/c18-10-5-7-11(8-6-10)22-16(24)14-15(21-9-20-14)17(25)23-13-4-2-1-3-12(13)19/h1-9H,(H,20,21)(H,22,24)(H,23,25). The first-order chi connectivity index (χ1) is 12.0. The molecule has 0 saturated carbocycles. The number of para-hydroxylation sites is 1. The van der Waals surface area contributed by atoms with Crippen molar-refractivity contribution in [3.05, 3.63) is 77.1 Å². The topological polar surface area (TPSA) is 86.9 Å². The molecule has 0 aliphatic heterocycles. The van der Waals surface area contributed by atoms with Gasteiger partial charge in [-0.3, -0.25) is 9.59 Å². The summed E-state index contributed by atoms with van der Waals surface area (Å²) in [5.41, 5.74) is 0.322. The number of aromatic nitrogens is 2. The third-order valence-electron chi connectivity index (χ3n) is 3.31. The van der Waals surface area contributed by atoms with Crippen molar-refractivity contribution in [3.63, 3.8) is 0 Å². The van der Waals surface area contributed by atoms with E-state index in [0.717, 1.165) is 0 Å². The molecule has 8 heteroatoms. The average molecular weight is 359 g/mol. The number of H-pyrrole nitrogens is 1. The number of hydrogen-bond acceptors (Lipinski definition) is 3. The number of nitrogens with one attached hydrogen (secondary N) is 3. The molecule has 0 aliphatic rings. The van der Waals surface area contributed by atoms with E-state index >= 15 is 0 Å². The highest BCUT2D eigenvalue weighted by Gasteiger charge is 2.21. The van der Waals surface area contributed by atoms with Gasteiger partial charge in [0.25, 0.3) is 11.8 Å². The lowest BCUT2D eigenvalue weighted by atomic mass is 10.2. The van der Waals surface area contributed by atoms with Crippen LogP contribution in [0.2, 0.25) is 5.02 Å². The summed E-state index contributed by atoms with van der Waals surface area (Å²) in [5, 5.41) is 5.53. The molecule has 1 heterocycles. The van der Waals surface area contributed by atoms with Crippen LogP contribution in [-0.4, -0.2) is 21.8 Å². The molecule has 0 aliphatic carbocycles. The van der Waals surface area contributed by atoms with Crippen LogP contribution in [0.5, 0.6) is 0 Å². The maximum Gasteiger partial charge on any atom is 0.276 e. The van der Waals surface area contributed by atoms with E-state index in [0.29, 0.717) is 10.7 Å². The van der Waals surface area contributed by atoms with Gasteiger partial charge < -0.3 is 15.6 Å². The van der Waals surface area contributed by atoms with Gasteiger partial charge in [0.1, 0.15) is 11.5 Å². The summed E-state index contributed by atoms with van der Waals surface area (Å²) >= 11 is 5.79. The molecule has 0 fully saturated rings. The second-order valence-electron chi connectivity index (χ2n) is 5.02. The number of rotatable bonds is 4. The molecule has 0 unspecified atom stereocenters. The lowest BCUT2D eigenvalue weighted by Gasteiger charge is -2.07. The van der Waals surface area contributed by atoms with E-state index in [-0.39, 0.29) is 17.1 Å². The van der Waals surface area contributed by atoms with Crippen LogP contribution in [0.4, 0.5) is 15.8 Å². The third kappa shape index (κ3) is 3.84. The number of carbonyl (C=O) groups excluding carboxylic acids is 2. The smallest absolute Gasteiger partial charge is 0.276 e. The molecule has 126 valence electrons. The summed E-state index contributed by atoms with van der Waals surface area (Å²) < 4.78 is 13.6. The van der Waals surface area contributed by atoms with E-state index in [1.807, 2.05) is 0 Å².